The Morgan fingerprint density at radius 3 is 2.42 bits per heavy atom. The van der Waals surface area contributed by atoms with Gasteiger partial charge >= 0.3 is 0 Å². The predicted molar refractivity (Wildman–Crippen MR) is 102 cm³/mol. The van der Waals surface area contributed by atoms with Crippen molar-refractivity contribution in [1.82, 2.24) is 4.90 Å². The number of aromatic hydroxyl groups is 1. The summed E-state index contributed by atoms with van der Waals surface area (Å²) in [5, 5.41) is 11.2. The molecule has 0 radical (unpaired) electrons. The van der Waals surface area contributed by atoms with Gasteiger partial charge in [-0.3, -0.25) is 0 Å². The fourth-order valence-electron chi connectivity index (χ4n) is 3.03. The Balaban J connectivity index is 1.91. The molecule has 0 aliphatic heterocycles. The largest absolute Gasteiger partial charge is 0.504 e. The number of hydrogen-bond acceptors (Lipinski definition) is 5. The SMILES string of the molecule is CCN(C)Cc1cccc(Cc2oc3cc(OC)c(OC)cc3c2O)c1. The highest BCUT2D eigenvalue weighted by atomic mass is 16.5. The third-order valence-electron chi connectivity index (χ3n) is 4.59. The van der Waals surface area contributed by atoms with Gasteiger partial charge in [-0.1, -0.05) is 31.2 Å². The van der Waals surface area contributed by atoms with Gasteiger partial charge in [0, 0.05) is 19.0 Å². The summed E-state index contributed by atoms with van der Waals surface area (Å²) in [4.78, 5) is 2.25. The van der Waals surface area contributed by atoms with Crippen LogP contribution in [0.1, 0.15) is 23.8 Å². The number of rotatable bonds is 7. The summed E-state index contributed by atoms with van der Waals surface area (Å²) in [6.07, 6.45) is 0.523. The van der Waals surface area contributed by atoms with Gasteiger partial charge in [-0.25, -0.2) is 0 Å². The van der Waals surface area contributed by atoms with E-state index in [2.05, 4.69) is 31.0 Å². The molecule has 2 aromatic carbocycles. The van der Waals surface area contributed by atoms with Crippen molar-refractivity contribution in [1.29, 1.82) is 0 Å². The van der Waals surface area contributed by atoms with E-state index >= 15 is 0 Å². The van der Waals surface area contributed by atoms with Gasteiger partial charge in [-0.15, -0.1) is 0 Å². The molecule has 1 aromatic heterocycles. The highest BCUT2D eigenvalue weighted by molar-refractivity contribution is 5.88. The zero-order valence-electron chi connectivity index (χ0n) is 15.7. The Hall–Kier alpha value is -2.66. The molecule has 138 valence electrons. The smallest absolute Gasteiger partial charge is 0.165 e. The number of nitrogens with zero attached hydrogens (tertiary/aromatic N) is 1. The monoisotopic (exact) mass is 355 g/mol. The zero-order chi connectivity index (χ0) is 18.7. The van der Waals surface area contributed by atoms with Gasteiger partial charge in [-0.2, -0.15) is 0 Å². The van der Waals surface area contributed by atoms with E-state index in [1.165, 1.54) is 5.56 Å². The lowest BCUT2D eigenvalue weighted by molar-refractivity contribution is 0.345. The van der Waals surface area contributed by atoms with Crippen LogP contribution in [0.25, 0.3) is 11.0 Å². The van der Waals surface area contributed by atoms with Crippen LogP contribution in [0.15, 0.2) is 40.8 Å². The number of ether oxygens (including phenoxy) is 2. The first-order chi connectivity index (χ1) is 12.5. The molecule has 26 heavy (non-hydrogen) atoms. The molecule has 3 rings (SSSR count). The van der Waals surface area contributed by atoms with E-state index in [9.17, 15) is 5.11 Å². The molecule has 5 heteroatoms. The molecular formula is C21H25NO4. The quantitative estimate of drug-likeness (QED) is 0.688. The Morgan fingerprint density at radius 1 is 1.04 bits per heavy atom. The minimum Gasteiger partial charge on any atom is -0.504 e. The van der Waals surface area contributed by atoms with Crippen molar-refractivity contribution < 1.29 is 19.0 Å². The molecule has 0 unspecified atom stereocenters. The third kappa shape index (κ3) is 3.63. The van der Waals surface area contributed by atoms with Gasteiger partial charge in [0.15, 0.2) is 23.0 Å². The van der Waals surface area contributed by atoms with Crippen molar-refractivity contribution in [2.45, 2.75) is 19.9 Å². The standard InChI is InChI=1S/C21H25NO4/c1-5-22(2)13-15-8-6-7-14(9-15)10-20-21(23)16-11-18(24-3)19(25-4)12-17(16)26-20/h6-9,11-12,23H,5,10,13H2,1-4H3. The van der Waals surface area contributed by atoms with Crippen LogP contribution in [0, 0.1) is 0 Å². The molecule has 1 N–H and O–H groups in total. The van der Waals surface area contributed by atoms with Gasteiger partial charge < -0.3 is 23.9 Å². The topological polar surface area (TPSA) is 55.1 Å². The summed E-state index contributed by atoms with van der Waals surface area (Å²) < 4.78 is 16.5. The van der Waals surface area contributed by atoms with Gasteiger partial charge in [-0.05, 0) is 30.8 Å². The van der Waals surface area contributed by atoms with Crippen LogP contribution in [0.3, 0.4) is 0 Å². The molecular weight excluding hydrogens is 330 g/mol. The molecule has 0 fully saturated rings. The first-order valence-corrected chi connectivity index (χ1v) is 8.68. The molecule has 0 atom stereocenters. The Labute approximate surface area is 153 Å². The fourth-order valence-corrected chi connectivity index (χ4v) is 3.03. The highest BCUT2D eigenvalue weighted by Gasteiger charge is 2.17. The third-order valence-corrected chi connectivity index (χ3v) is 4.59. The predicted octanol–water partition coefficient (Wildman–Crippen LogP) is 4.20. The van der Waals surface area contributed by atoms with Gasteiger partial charge in [0.05, 0.1) is 19.6 Å². The van der Waals surface area contributed by atoms with E-state index < -0.39 is 0 Å². The first kappa shape index (κ1) is 18.1. The van der Waals surface area contributed by atoms with Crippen molar-refractivity contribution in [3.8, 4) is 17.2 Å². The van der Waals surface area contributed by atoms with Gasteiger partial charge in [0.1, 0.15) is 5.58 Å². The van der Waals surface area contributed by atoms with Gasteiger partial charge in [0.2, 0.25) is 0 Å². The Bertz CT molecular complexity index is 900. The van der Waals surface area contributed by atoms with E-state index in [0.717, 1.165) is 18.7 Å². The van der Waals surface area contributed by atoms with E-state index in [1.807, 2.05) is 12.1 Å². The molecule has 0 spiro atoms. The van der Waals surface area contributed by atoms with Crippen LogP contribution in [0.5, 0.6) is 17.2 Å². The van der Waals surface area contributed by atoms with Gasteiger partial charge in [0.25, 0.3) is 0 Å². The average molecular weight is 355 g/mol. The summed E-state index contributed by atoms with van der Waals surface area (Å²) in [6, 6.07) is 11.8. The summed E-state index contributed by atoms with van der Waals surface area (Å²) in [5.74, 6) is 1.82. The van der Waals surface area contributed by atoms with E-state index in [1.54, 1.807) is 26.4 Å². The van der Waals surface area contributed by atoms with Crippen molar-refractivity contribution in [3.05, 3.63) is 53.3 Å². The van der Waals surface area contributed by atoms with Crippen molar-refractivity contribution >= 4 is 11.0 Å². The summed E-state index contributed by atoms with van der Waals surface area (Å²) in [6.45, 7) is 4.03. The Kier molecular flexibility index (Phi) is 5.38. The molecule has 0 bridgehead atoms. The molecule has 3 aromatic rings. The Morgan fingerprint density at radius 2 is 1.73 bits per heavy atom. The molecule has 0 saturated carbocycles. The molecule has 5 nitrogen and oxygen atoms in total. The van der Waals surface area contributed by atoms with Crippen LogP contribution in [0.4, 0.5) is 0 Å². The second-order valence-corrected chi connectivity index (χ2v) is 6.40. The first-order valence-electron chi connectivity index (χ1n) is 8.68. The maximum Gasteiger partial charge on any atom is 0.165 e. The number of fused-ring (bicyclic) bond motifs is 1. The van der Waals surface area contributed by atoms with Crippen LogP contribution in [0.2, 0.25) is 0 Å². The number of methoxy groups -OCH3 is 2. The normalized spacial score (nSPS) is 11.3. The molecule has 0 aliphatic rings. The highest BCUT2D eigenvalue weighted by Crippen LogP contribution is 2.40. The summed E-state index contributed by atoms with van der Waals surface area (Å²) in [7, 11) is 5.24. The molecule has 0 aliphatic carbocycles. The van der Waals surface area contributed by atoms with Crippen molar-refractivity contribution in [3.63, 3.8) is 0 Å². The lowest BCUT2D eigenvalue weighted by atomic mass is 10.1. The van der Waals surface area contributed by atoms with Crippen molar-refractivity contribution in [2.24, 2.45) is 0 Å². The lowest BCUT2D eigenvalue weighted by Gasteiger charge is -2.14. The minimum atomic E-state index is 0.150. The van der Waals surface area contributed by atoms with E-state index in [4.69, 9.17) is 13.9 Å². The molecule has 0 saturated heterocycles. The number of furan rings is 1. The summed E-state index contributed by atoms with van der Waals surface area (Å²) in [5.41, 5.74) is 2.92. The number of hydrogen-bond donors (Lipinski definition) is 1. The molecule has 1 heterocycles. The molecule has 0 amide bonds. The van der Waals surface area contributed by atoms with Crippen molar-refractivity contribution in [2.75, 3.05) is 27.8 Å². The van der Waals surface area contributed by atoms with Crippen LogP contribution in [-0.4, -0.2) is 37.8 Å². The zero-order valence-corrected chi connectivity index (χ0v) is 15.7. The number of benzene rings is 2. The van der Waals surface area contributed by atoms with Crippen LogP contribution in [-0.2, 0) is 13.0 Å². The average Bonchev–Trinajstić information content (AvgIpc) is 2.95. The summed E-state index contributed by atoms with van der Waals surface area (Å²) >= 11 is 0. The van der Waals surface area contributed by atoms with Crippen LogP contribution >= 0.6 is 0 Å². The minimum absolute atomic E-state index is 0.150. The second kappa shape index (κ2) is 7.70. The van der Waals surface area contributed by atoms with E-state index in [-0.39, 0.29) is 5.75 Å². The fraction of sp³-hybridized carbons (Fsp3) is 0.333. The van der Waals surface area contributed by atoms with E-state index in [0.29, 0.717) is 34.6 Å². The van der Waals surface area contributed by atoms with Crippen LogP contribution < -0.4 is 9.47 Å². The second-order valence-electron chi connectivity index (χ2n) is 6.40. The lowest BCUT2D eigenvalue weighted by Crippen LogP contribution is -2.16. The maximum absolute atomic E-state index is 10.6. The maximum atomic E-state index is 10.6.